The fourth-order valence-electron chi connectivity index (χ4n) is 2.20. The summed E-state index contributed by atoms with van der Waals surface area (Å²) in [6.07, 6.45) is 0. The van der Waals surface area contributed by atoms with Gasteiger partial charge >= 0.3 is 0 Å². The van der Waals surface area contributed by atoms with Crippen molar-refractivity contribution in [1.82, 2.24) is 15.4 Å². The van der Waals surface area contributed by atoms with Crippen LogP contribution in [0.15, 0.2) is 42.5 Å². The number of nitriles is 1. The topological polar surface area (TPSA) is 74.6 Å². The molecule has 0 atom stereocenters. The molecule has 0 aliphatic heterocycles. The van der Waals surface area contributed by atoms with Gasteiger partial charge in [-0.3, -0.25) is 0 Å². The van der Waals surface area contributed by atoms with Crippen LogP contribution in [0, 0.1) is 11.3 Å². The Kier molecular flexibility index (Phi) is 3.77. The van der Waals surface area contributed by atoms with Crippen LogP contribution < -0.4 is 4.74 Å². The van der Waals surface area contributed by atoms with Gasteiger partial charge in [-0.25, -0.2) is 0 Å². The monoisotopic (exact) mass is 310 g/mol. The standard InChI is InChI=1S/C16H11ClN4O/c1-22-15-6-5-11(8-13(15)17)10-3-2-4-12(7-10)16-14(9-18)19-21-20-16/h2-8H,1H3,(H,19,20,21). The van der Waals surface area contributed by atoms with E-state index in [1.807, 2.05) is 48.5 Å². The molecule has 1 N–H and O–H groups in total. The summed E-state index contributed by atoms with van der Waals surface area (Å²) in [5, 5.41) is 19.9. The molecule has 0 saturated heterocycles. The van der Waals surface area contributed by atoms with Gasteiger partial charge in [-0.15, -0.1) is 5.10 Å². The van der Waals surface area contributed by atoms with Gasteiger partial charge in [0.05, 0.1) is 12.1 Å². The van der Waals surface area contributed by atoms with E-state index < -0.39 is 0 Å². The van der Waals surface area contributed by atoms with Gasteiger partial charge in [0.25, 0.3) is 0 Å². The van der Waals surface area contributed by atoms with E-state index in [1.165, 1.54) is 0 Å². The van der Waals surface area contributed by atoms with Crippen LogP contribution in [0.25, 0.3) is 22.4 Å². The lowest BCUT2D eigenvalue weighted by molar-refractivity contribution is 0.415. The van der Waals surface area contributed by atoms with Crippen LogP contribution in [0.2, 0.25) is 5.02 Å². The van der Waals surface area contributed by atoms with Crippen LogP contribution in [0.5, 0.6) is 5.75 Å². The van der Waals surface area contributed by atoms with Crippen LogP contribution in [0.1, 0.15) is 5.69 Å². The van der Waals surface area contributed by atoms with E-state index in [0.717, 1.165) is 16.7 Å². The molecule has 0 aliphatic rings. The van der Waals surface area contributed by atoms with Gasteiger partial charge in [-0.1, -0.05) is 35.9 Å². The van der Waals surface area contributed by atoms with Crippen molar-refractivity contribution in [3.05, 3.63) is 53.2 Å². The first-order valence-corrected chi connectivity index (χ1v) is 6.86. The summed E-state index contributed by atoms with van der Waals surface area (Å²) < 4.78 is 5.16. The first-order valence-electron chi connectivity index (χ1n) is 6.48. The molecule has 0 aliphatic carbocycles. The van der Waals surface area contributed by atoms with E-state index >= 15 is 0 Å². The second-order valence-corrected chi connectivity index (χ2v) is 4.97. The van der Waals surface area contributed by atoms with Gasteiger partial charge in [0, 0.05) is 5.56 Å². The van der Waals surface area contributed by atoms with Gasteiger partial charge in [0.2, 0.25) is 0 Å². The third-order valence-corrected chi connectivity index (χ3v) is 3.57. The number of nitrogens with one attached hydrogen (secondary N) is 1. The van der Waals surface area contributed by atoms with E-state index in [2.05, 4.69) is 15.4 Å². The highest BCUT2D eigenvalue weighted by molar-refractivity contribution is 6.32. The Hall–Kier alpha value is -2.84. The zero-order valence-corrected chi connectivity index (χ0v) is 12.4. The van der Waals surface area contributed by atoms with Crippen molar-refractivity contribution < 1.29 is 4.74 Å². The van der Waals surface area contributed by atoms with E-state index in [4.69, 9.17) is 21.6 Å². The smallest absolute Gasteiger partial charge is 0.190 e. The summed E-state index contributed by atoms with van der Waals surface area (Å²) in [6.45, 7) is 0. The molecule has 22 heavy (non-hydrogen) atoms. The van der Waals surface area contributed by atoms with Crippen molar-refractivity contribution in [1.29, 1.82) is 5.26 Å². The summed E-state index contributed by atoms with van der Waals surface area (Å²) >= 11 is 6.17. The minimum Gasteiger partial charge on any atom is -0.495 e. The lowest BCUT2D eigenvalue weighted by atomic mass is 10.0. The van der Waals surface area contributed by atoms with Crippen LogP contribution in [0.4, 0.5) is 0 Å². The fraction of sp³-hybridized carbons (Fsp3) is 0.0625. The number of ether oxygens (including phenoxy) is 1. The molecule has 108 valence electrons. The first-order chi connectivity index (χ1) is 10.7. The lowest BCUT2D eigenvalue weighted by Gasteiger charge is -2.07. The first kappa shape index (κ1) is 14.1. The predicted molar refractivity (Wildman–Crippen MR) is 83.5 cm³/mol. The Labute approximate surface area is 132 Å². The largest absolute Gasteiger partial charge is 0.495 e. The van der Waals surface area contributed by atoms with Gasteiger partial charge in [-0.05, 0) is 29.3 Å². The van der Waals surface area contributed by atoms with E-state index in [0.29, 0.717) is 16.5 Å². The molecule has 0 bridgehead atoms. The van der Waals surface area contributed by atoms with Crippen molar-refractivity contribution in [2.75, 3.05) is 7.11 Å². The quantitative estimate of drug-likeness (QED) is 0.801. The number of nitrogens with zero attached hydrogens (tertiary/aromatic N) is 3. The number of aromatic nitrogens is 3. The average molecular weight is 311 g/mol. The zero-order chi connectivity index (χ0) is 15.5. The summed E-state index contributed by atoms with van der Waals surface area (Å²) in [5.41, 5.74) is 3.53. The number of hydrogen-bond acceptors (Lipinski definition) is 4. The zero-order valence-electron chi connectivity index (χ0n) is 11.7. The number of rotatable bonds is 3. The molecule has 0 spiro atoms. The van der Waals surface area contributed by atoms with Gasteiger partial charge in [0.15, 0.2) is 5.69 Å². The molecular weight excluding hydrogens is 300 g/mol. The molecule has 1 aromatic heterocycles. The van der Waals surface area contributed by atoms with Crippen molar-refractivity contribution in [2.24, 2.45) is 0 Å². The Morgan fingerprint density at radius 3 is 2.59 bits per heavy atom. The summed E-state index contributed by atoms with van der Waals surface area (Å²) in [5.74, 6) is 0.629. The molecule has 6 heteroatoms. The highest BCUT2D eigenvalue weighted by Gasteiger charge is 2.11. The molecule has 2 aromatic carbocycles. The summed E-state index contributed by atoms with van der Waals surface area (Å²) in [4.78, 5) is 0. The van der Waals surface area contributed by atoms with E-state index in [-0.39, 0.29) is 5.69 Å². The predicted octanol–water partition coefficient (Wildman–Crippen LogP) is 3.67. The molecule has 0 saturated carbocycles. The minimum absolute atomic E-state index is 0.268. The third-order valence-electron chi connectivity index (χ3n) is 3.27. The maximum absolute atomic E-state index is 9.05. The highest BCUT2D eigenvalue weighted by Crippen LogP contribution is 2.32. The normalized spacial score (nSPS) is 10.2. The van der Waals surface area contributed by atoms with Gasteiger partial charge in [-0.2, -0.15) is 15.6 Å². The number of hydrogen-bond donors (Lipinski definition) is 1. The van der Waals surface area contributed by atoms with Crippen LogP contribution >= 0.6 is 11.6 Å². The Morgan fingerprint density at radius 1 is 1.09 bits per heavy atom. The molecule has 0 unspecified atom stereocenters. The second kappa shape index (κ2) is 5.88. The van der Waals surface area contributed by atoms with E-state index in [1.54, 1.807) is 7.11 Å². The highest BCUT2D eigenvalue weighted by atomic mass is 35.5. The SMILES string of the molecule is COc1ccc(-c2cccc(-c3n[nH]nc3C#N)c2)cc1Cl. The Morgan fingerprint density at radius 2 is 1.86 bits per heavy atom. The summed E-state index contributed by atoms with van der Waals surface area (Å²) in [6, 6.07) is 15.3. The van der Waals surface area contributed by atoms with Crippen LogP contribution in [-0.2, 0) is 0 Å². The van der Waals surface area contributed by atoms with Crippen LogP contribution in [-0.4, -0.2) is 22.5 Å². The van der Waals surface area contributed by atoms with Crippen molar-refractivity contribution in [3.8, 4) is 34.2 Å². The fourth-order valence-corrected chi connectivity index (χ4v) is 2.46. The minimum atomic E-state index is 0.268. The van der Waals surface area contributed by atoms with Crippen molar-refractivity contribution >= 4 is 11.6 Å². The molecule has 0 fully saturated rings. The second-order valence-electron chi connectivity index (χ2n) is 4.56. The lowest BCUT2D eigenvalue weighted by Crippen LogP contribution is -1.87. The number of H-pyrrole nitrogens is 1. The summed E-state index contributed by atoms with van der Waals surface area (Å²) in [7, 11) is 1.58. The number of benzene rings is 2. The van der Waals surface area contributed by atoms with Gasteiger partial charge in [0.1, 0.15) is 17.5 Å². The number of aromatic amines is 1. The maximum Gasteiger partial charge on any atom is 0.190 e. The Balaban J connectivity index is 2.05. The average Bonchev–Trinajstić information content (AvgIpc) is 3.03. The molecule has 1 heterocycles. The van der Waals surface area contributed by atoms with Crippen molar-refractivity contribution in [3.63, 3.8) is 0 Å². The molecule has 3 rings (SSSR count). The van der Waals surface area contributed by atoms with Gasteiger partial charge < -0.3 is 4.74 Å². The number of methoxy groups -OCH3 is 1. The number of halogens is 1. The van der Waals surface area contributed by atoms with Crippen LogP contribution in [0.3, 0.4) is 0 Å². The maximum atomic E-state index is 9.05. The molecule has 0 amide bonds. The Bertz CT molecular complexity index is 867. The molecule has 3 aromatic rings. The molecule has 5 nitrogen and oxygen atoms in total. The van der Waals surface area contributed by atoms with E-state index in [9.17, 15) is 0 Å². The molecular formula is C16H11ClN4O. The third kappa shape index (κ3) is 2.52. The molecule has 0 radical (unpaired) electrons. The van der Waals surface area contributed by atoms with Crippen molar-refractivity contribution in [2.45, 2.75) is 0 Å².